The van der Waals surface area contributed by atoms with Crippen LogP contribution in [0.25, 0.3) is 0 Å². The Kier molecular flexibility index (Phi) is 6.32. The van der Waals surface area contributed by atoms with Gasteiger partial charge in [-0.05, 0) is 49.1 Å². The number of anilines is 4. The third-order valence-electron chi connectivity index (χ3n) is 4.83. The van der Waals surface area contributed by atoms with E-state index < -0.39 is 5.97 Å². The smallest absolute Gasteiger partial charge is 0.335 e. The van der Waals surface area contributed by atoms with Crippen LogP contribution in [-0.4, -0.2) is 45.3 Å². The van der Waals surface area contributed by atoms with Crippen molar-refractivity contribution in [3.8, 4) is 0 Å². The van der Waals surface area contributed by atoms with Crippen LogP contribution in [0.1, 0.15) is 35.2 Å². The SMILES string of the molecule is O=C(O)c1ccc(C=NNc2nc(Nc3ccccc3)nc(N3CCCCC3)n2)cc1. The first-order valence-electron chi connectivity index (χ1n) is 10.1. The van der Waals surface area contributed by atoms with Crippen LogP contribution in [0.4, 0.5) is 23.5 Å². The monoisotopic (exact) mass is 417 g/mol. The Morgan fingerprint density at radius 1 is 0.935 bits per heavy atom. The van der Waals surface area contributed by atoms with Crippen molar-refractivity contribution in [2.75, 3.05) is 28.7 Å². The molecule has 1 saturated heterocycles. The van der Waals surface area contributed by atoms with E-state index in [0.29, 0.717) is 17.8 Å². The number of rotatable bonds is 7. The summed E-state index contributed by atoms with van der Waals surface area (Å²) in [6, 6.07) is 16.1. The fourth-order valence-corrected chi connectivity index (χ4v) is 3.23. The highest BCUT2D eigenvalue weighted by Crippen LogP contribution is 2.20. The molecule has 158 valence electrons. The summed E-state index contributed by atoms with van der Waals surface area (Å²) in [7, 11) is 0. The molecule has 0 saturated carbocycles. The van der Waals surface area contributed by atoms with Crippen molar-refractivity contribution >= 4 is 35.7 Å². The summed E-state index contributed by atoms with van der Waals surface area (Å²) in [6.45, 7) is 1.82. The highest BCUT2D eigenvalue weighted by molar-refractivity contribution is 5.89. The number of carbonyl (C=O) groups is 1. The van der Waals surface area contributed by atoms with E-state index in [4.69, 9.17) is 5.11 Å². The average molecular weight is 417 g/mol. The fourth-order valence-electron chi connectivity index (χ4n) is 3.23. The van der Waals surface area contributed by atoms with Gasteiger partial charge in [-0.15, -0.1) is 0 Å². The second-order valence-corrected chi connectivity index (χ2v) is 7.12. The van der Waals surface area contributed by atoms with Gasteiger partial charge < -0.3 is 15.3 Å². The second kappa shape index (κ2) is 9.66. The van der Waals surface area contributed by atoms with Crippen LogP contribution in [0, 0.1) is 0 Å². The zero-order valence-corrected chi connectivity index (χ0v) is 16.9. The maximum absolute atomic E-state index is 11.0. The normalized spacial score (nSPS) is 13.9. The van der Waals surface area contributed by atoms with E-state index in [9.17, 15) is 4.79 Å². The van der Waals surface area contributed by atoms with Crippen molar-refractivity contribution in [1.29, 1.82) is 0 Å². The first-order chi connectivity index (χ1) is 15.2. The maximum Gasteiger partial charge on any atom is 0.335 e. The van der Waals surface area contributed by atoms with Gasteiger partial charge in [0, 0.05) is 18.8 Å². The van der Waals surface area contributed by atoms with Gasteiger partial charge in [-0.25, -0.2) is 10.2 Å². The number of nitrogens with zero attached hydrogens (tertiary/aromatic N) is 5. The lowest BCUT2D eigenvalue weighted by Crippen LogP contribution is -2.31. The molecule has 31 heavy (non-hydrogen) atoms. The molecule has 9 heteroatoms. The minimum atomic E-state index is -0.963. The number of hydrogen-bond donors (Lipinski definition) is 3. The first kappa shape index (κ1) is 20.3. The third-order valence-corrected chi connectivity index (χ3v) is 4.83. The second-order valence-electron chi connectivity index (χ2n) is 7.12. The zero-order chi connectivity index (χ0) is 21.5. The molecular weight excluding hydrogens is 394 g/mol. The molecule has 0 amide bonds. The fraction of sp³-hybridized carbons (Fsp3) is 0.227. The van der Waals surface area contributed by atoms with Crippen molar-refractivity contribution in [2.45, 2.75) is 19.3 Å². The average Bonchev–Trinajstić information content (AvgIpc) is 2.80. The number of carboxylic acid groups (broad SMARTS) is 1. The van der Waals surface area contributed by atoms with Crippen molar-refractivity contribution in [2.24, 2.45) is 5.10 Å². The summed E-state index contributed by atoms with van der Waals surface area (Å²) in [5, 5.41) is 16.4. The van der Waals surface area contributed by atoms with E-state index in [2.05, 4.69) is 35.7 Å². The molecule has 2 aromatic carbocycles. The van der Waals surface area contributed by atoms with Crippen LogP contribution in [0.3, 0.4) is 0 Å². The third kappa shape index (κ3) is 5.53. The minimum absolute atomic E-state index is 0.227. The van der Waals surface area contributed by atoms with E-state index in [1.54, 1.807) is 18.3 Å². The van der Waals surface area contributed by atoms with Gasteiger partial charge in [0.15, 0.2) is 0 Å². The highest BCUT2D eigenvalue weighted by Gasteiger charge is 2.16. The molecular formula is C22H23N7O2. The quantitative estimate of drug-likeness (QED) is 0.393. The number of aromatic nitrogens is 3. The van der Waals surface area contributed by atoms with E-state index in [1.807, 2.05) is 30.3 Å². The zero-order valence-electron chi connectivity index (χ0n) is 16.9. The lowest BCUT2D eigenvalue weighted by Gasteiger charge is -2.26. The van der Waals surface area contributed by atoms with Gasteiger partial charge in [-0.2, -0.15) is 20.1 Å². The Hall–Kier alpha value is -4.01. The van der Waals surface area contributed by atoms with Crippen molar-refractivity contribution < 1.29 is 9.90 Å². The number of para-hydroxylation sites is 1. The molecule has 0 bridgehead atoms. The Balaban J connectivity index is 1.53. The summed E-state index contributed by atoms with van der Waals surface area (Å²) in [5.41, 5.74) is 4.72. The summed E-state index contributed by atoms with van der Waals surface area (Å²) in [5.74, 6) is 0.407. The maximum atomic E-state index is 11.0. The van der Waals surface area contributed by atoms with Gasteiger partial charge in [-0.1, -0.05) is 30.3 Å². The molecule has 0 aliphatic carbocycles. The molecule has 1 aliphatic rings. The molecule has 9 nitrogen and oxygen atoms in total. The van der Waals surface area contributed by atoms with Crippen LogP contribution in [-0.2, 0) is 0 Å². The van der Waals surface area contributed by atoms with Crippen LogP contribution < -0.4 is 15.6 Å². The van der Waals surface area contributed by atoms with Crippen LogP contribution in [0.15, 0.2) is 59.7 Å². The summed E-state index contributed by atoms with van der Waals surface area (Å²) in [6.07, 6.45) is 5.02. The molecule has 3 N–H and O–H groups in total. The lowest BCUT2D eigenvalue weighted by molar-refractivity contribution is 0.0697. The predicted octanol–water partition coefficient (Wildman–Crippen LogP) is 3.75. The van der Waals surface area contributed by atoms with E-state index in [1.165, 1.54) is 18.6 Å². The van der Waals surface area contributed by atoms with Gasteiger partial charge in [0.1, 0.15) is 0 Å². The standard InChI is InChI=1S/C22H23N7O2/c30-19(31)17-11-9-16(10-12-17)15-23-28-21-25-20(24-18-7-3-1-4-8-18)26-22(27-21)29-13-5-2-6-14-29/h1,3-4,7-12,15H,2,5-6,13-14H2,(H,30,31)(H2,24,25,26,27,28). The number of piperidine rings is 1. The molecule has 1 aliphatic heterocycles. The molecule has 0 spiro atoms. The number of benzene rings is 2. The summed E-state index contributed by atoms with van der Waals surface area (Å²) in [4.78, 5) is 26.7. The van der Waals surface area contributed by atoms with E-state index in [0.717, 1.165) is 37.2 Å². The van der Waals surface area contributed by atoms with E-state index in [-0.39, 0.29) is 5.56 Å². The van der Waals surface area contributed by atoms with Gasteiger partial charge in [0.2, 0.25) is 17.8 Å². The van der Waals surface area contributed by atoms with Crippen molar-refractivity contribution in [3.05, 3.63) is 65.7 Å². The molecule has 0 unspecified atom stereocenters. The van der Waals surface area contributed by atoms with Crippen LogP contribution >= 0.6 is 0 Å². The number of nitrogens with one attached hydrogen (secondary N) is 2. The van der Waals surface area contributed by atoms with Gasteiger partial charge in [0.05, 0.1) is 11.8 Å². The van der Waals surface area contributed by atoms with E-state index >= 15 is 0 Å². The van der Waals surface area contributed by atoms with Crippen molar-refractivity contribution in [1.82, 2.24) is 15.0 Å². The Labute approximate surface area is 179 Å². The van der Waals surface area contributed by atoms with Gasteiger partial charge >= 0.3 is 5.97 Å². The first-order valence-corrected chi connectivity index (χ1v) is 10.1. The lowest BCUT2D eigenvalue weighted by atomic mass is 10.1. The molecule has 4 rings (SSSR count). The molecule has 1 aromatic heterocycles. The summed E-state index contributed by atoms with van der Waals surface area (Å²) < 4.78 is 0. The topological polar surface area (TPSA) is 116 Å². The van der Waals surface area contributed by atoms with Gasteiger partial charge in [0.25, 0.3) is 0 Å². The van der Waals surface area contributed by atoms with Crippen LogP contribution in [0.2, 0.25) is 0 Å². The Morgan fingerprint density at radius 3 is 2.35 bits per heavy atom. The molecule has 3 aromatic rings. The van der Waals surface area contributed by atoms with Gasteiger partial charge in [-0.3, -0.25) is 0 Å². The molecule has 0 atom stereocenters. The summed E-state index contributed by atoms with van der Waals surface area (Å²) >= 11 is 0. The number of aromatic carboxylic acids is 1. The number of hydrazone groups is 1. The highest BCUT2D eigenvalue weighted by atomic mass is 16.4. The predicted molar refractivity (Wildman–Crippen MR) is 120 cm³/mol. The molecule has 1 fully saturated rings. The largest absolute Gasteiger partial charge is 0.478 e. The van der Waals surface area contributed by atoms with Crippen LogP contribution in [0.5, 0.6) is 0 Å². The number of hydrogen-bond acceptors (Lipinski definition) is 8. The Morgan fingerprint density at radius 2 is 1.65 bits per heavy atom. The van der Waals surface area contributed by atoms with Crippen molar-refractivity contribution in [3.63, 3.8) is 0 Å². The molecule has 0 radical (unpaired) electrons. The molecule has 2 heterocycles. The minimum Gasteiger partial charge on any atom is -0.478 e. The number of carboxylic acids is 1. The Bertz CT molecular complexity index is 1050.